The summed E-state index contributed by atoms with van der Waals surface area (Å²) in [4.78, 5) is -0.0862. The molecule has 0 heterocycles. The van der Waals surface area contributed by atoms with Crippen molar-refractivity contribution < 1.29 is 13.5 Å². The smallest absolute Gasteiger partial charge is 0.244 e. The summed E-state index contributed by atoms with van der Waals surface area (Å²) in [5, 5.41) is 9.25. The Bertz CT molecular complexity index is 386. The third-order valence-corrected chi connectivity index (χ3v) is 3.08. The second-order valence-electron chi connectivity index (χ2n) is 2.47. The van der Waals surface area contributed by atoms with Crippen molar-refractivity contribution in [3.8, 4) is 5.75 Å². The predicted molar refractivity (Wildman–Crippen MR) is 49.0 cm³/mol. The zero-order valence-corrected chi connectivity index (χ0v) is 8.00. The van der Waals surface area contributed by atoms with Crippen molar-refractivity contribution in [2.75, 3.05) is 6.54 Å². The SMILES string of the molecule is CCNS(=O)(=O)c1ccccc1O. The standard InChI is InChI=1S/C8H11NO3S/c1-2-9-13(11,12)8-6-4-3-5-7(8)10/h3-6,9-10H,2H2,1H3. The number of benzene rings is 1. The van der Waals surface area contributed by atoms with Crippen LogP contribution < -0.4 is 4.72 Å². The van der Waals surface area contributed by atoms with Crippen LogP contribution in [0.2, 0.25) is 0 Å². The van der Waals surface area contributed by atoms with Crippen molar-refractivity contribution in [2.45, 2.75) is 11.8 Å². The number of phenolic OH excluding ortho intramolecular Hbond substituents is 1. The lowest BCUT2D eigenvalue weighted by molar-refractivity contribution is 0.458. The summed E-state index contributed by atoms with van der Waals surface area (Å²) >= 11 is 0. The Hall–Kier alpha value is -1.07. The summed E-state index contributed by atoms with van der Waals surface area (Å²) < 4.78 is 25.1. The van der Waals surface area contributed by atoms with Gasteiger partial charge in [0.1, 0.15) is 10.6 Å². The van der Waals surface area contributed by atoms with Crippen LogP contribution in [-0.4, -0.2) is 20.1 Å². The highest BCUT2D eigenvalue weighted by atomic mass is 32.2. The number of para-hydroxylation sites is 1. The molecule has 4 nitrogen and oxygen atoms in total. The first-order valence-electron chi connectivity index (χ1n) is 3.85. The van der Waals surface area contributed by atoms with E-state index in [1.807, 2.05) is 0 Å². The summed E-state index contributed by atoms with van der Waals surface area (Å²) in [7, 11) is -3.54. The number of rotatable bonds is 3. The van der Waals surface area contributed by atoms with Crippen molar-refractivity contribution >= 4 is 10.0 Å². The number of nitrogens with one attached hydrogen (secondary N) is 1. The lowest BCUT2D eigenvalue weighted by Gasteiger charge is -2.05. The minimum Gasteiger partial charge on any atom is -0.507 e. The molecule has 0 aromatic heterocycles. The average Bonchev–Trinajstić information content (AvgIpc) is 2.04. The molecule has 0 aliphatic carbocycles. The molecule has 72 valence electrons. The Balaban J connectivity index is 3.15. The molecule has 5 heteroatoms. The van der Waals surface area contributed by atoms with E-state index in [-0.39, 0.29) is 10.6 Å². The van der Waals surface area contributed by atoms with Crippen molar-refractivity contribution in [3.63, 3.8) is 0 Å². The molecule has 0 atom stereocenters. The first kappa shape index (κ1) is 10.0. The lowest BCUT2D eigenvalue weighted by Crippen LogP contribution is -2.23. The quantitative estimate of drug-likeness (QED) is 0.756. The Labute approximate surface area is 77.3 Å². The number of hydrogen-bond donors (Lipinski definition) is 2. The van der Waals surface area contributed by atoms with E-state index in [1.54, 1.807) is 19.1 Å². The molecular weight excluding hydrogens is 190 g/mol. The molecule has 0 radical (unpaired) electrons. The van der Waals surface area contributed by atoms with Gasteiger partial charge in [-0.2, -0.15) is 0 Å². The highest BCUT2D eigenvalue weighted by molar-refractivity contribution is 7.89. The summed E-state index contributed by atoms with van der Waals surface area (Å²) in [5.74, 6) is -0.233. The molecule has 13 heavy (non-hydrogen) atoms. The molecule has 0 aliphatic heterocycles. The van der Waals surface area contributed by atoms with Gasteiger partial charge in [-0.25, -0.2) is 13.1 Å². The zero-order chi connectivity index (χ0) is 9.90. The normalized spacial score (nSPS) is 11.5. The Morgan fingerprint density at radius 2 is 2.00 bits per heavy atom. The first-order chi connectivity index (χ1) is 6.08. The van der Waals surface area contributed by atoms with Crippen LogP contribution in [0.5, 0.6) is 5.75 Å². The van der Waals surface area contributed by atoms with E-state index in [2.05, 4.69) is 4.72 Å². The van der Waals surface area contributed by atoms with Gasteiger partial charge in [-0.1, -0.05) is 19.1 Å². The second kappa shape index (κ2) is 3.76. The molecule has 0 saturated carbocycles. The van der Waals surface area contributed by atoms with Crippen molar-refractivity contribution in [3.05, 3.63) is 24.3 Å². The molecule has 0 amide bonds. The highest BCUT2D eigenvalue weighted by Crippen LogP contribution is 2.20. The maximum absolute atomic E-state index is 11.4. The number of hydrogen-bond acceptors (Lipinski definition) is 3. The van der Waals surface area contributed by atoms with Gasteiger partial charge in [0.25, 0.3) is 0 Å². The first-order valence-corrected chi connectivity index (χ1v) is 5.34. The van der Waals surface area contributed by atoms with Crippen LogP contribution in [0.3, 0.4) is 0 Å². The Morgan fingerprint density at radius 1 is 1.38 bits per heavy atom. The van der Waals surface area contributed by atoms with Crippen molar-refractivity contribution in [1.29, 1.82) is 0 Å². The molecule has 0 unspecified atom stereocenters. The van der Waals surface area contributed by atoms with Gasteiger partial charge in [-0.3, -0.25) is 0 Å². The van der Waals surface area contributed by atoms with E-state index in [9.17, 15) is 13.5 Å². The van der Waals surface area contributed by atoms with Gasteiger partial charge in [-0.15, -0.1) is 0 Å². The monoisotopic (exact) mass is 201 g/mol. The topological polar surface area (TPSA) is 66.4 Å². The van der Waals surface area contributed by atoms with Gasteiger partial charge < -0.3 is 5.11 Å². The van der Waals surface area contributed by atoms with E-state index in [0.717, 1.165) is 0 Å². The van der Waals surface area contributed by atoms with Crippen LogP contribution in [0.4, 0.5) is 0 Å². The summed E-state index contributed by atoms with van der Waals surface area (Å²) in [6.45, 7) is 1.98. The maximum Gasteiger partial charge on any atom is 0.244 e. The highest BCUT2D eigenvalue weighted by Gasteiger charge is 2.15. The minimum absolute atomic E-state index is 0.0862. The van der Waals surface area contributed by atoms with E-state index in [4.69, 9.17) is 0 Å². The van der Waals surface area contributed by atoms with Gasteiger partial charge in [0, 0.05) is 6.54 Å². The lowest BCUT2D eigenvalue weighted by atomic mass is 10.3. The molecule has 0 fully saturated rings. The second-order valence-corrected chi connectivity index (χ2v) is 4.20. The molecule has 1 aromatic carbocycles. The molecular formula is C8H11NO3S. The van der Waals surface area contributed by atoms with E-state index >= 15 is 0 Å². The molecule has 1 rings (SSSR count). The average molecular weight is 201 g/mol. The predicted octanol–water partition coefficient (Wildman–Crippen LogP) is 0.690. The largest absolute Gasteiger partial charge is 0.507 e. The van der Waals surface area contributed by atoms with Gasteiger partial charge >= 0.3 is 0 Å². The Kier molecular flexibility index (Phi) is 2.90. The van der Waals surface area contributed by atoms with E-state index in [1.165, 1.54) is 12.1 Å². The number of sulfonamides is 1. The van der Waals surface area contributed by atoms with Gasteiger partial charge in [0.2, 0.25) is 10.0 Å². The van der Waals surface area contributed by atoms with Gasteiger partial charge in [0.15, 0.2) is 0 Å². The van der Waals surface area contributed by atoms with Crippen molar-refractivity contribution in [2.24, 2.45) is 0 Å². The number of phenols is 1. The maximum atomic E-state index is 11.4. The fraction of sp³-hybridized carbons (Fsp3) is 0.250. The van der Waals surface area contributed by atoms with Crippen LogP contribution in [0.25, 0.3) is 0 Å². The molecule has 2 N–H and O–H groups in total. The van der Waals surface area contributed by atoms with Crippen molar-refractivity contribution in [1.82, 2.24) is 4.72 Å². The fourth-order valence-corrected chi connectivity index (χ4v) is 2.09. The van der Waals surface area contributed by atoms with Gasteiger partial charge in [0.05, 0.1) is 0 Å². The molecule has 0 aliphatic rings. The van der Waals surface area contributed by atoms with Crippen LogP contribution in [-0.2, 0) is 10.0 Å². The van der Waals surface area contributed by atoms with E-state index in [0.29, 0.717) is 6.54 Å². The van der Waals surface area contributed by atoms with Crippen LogP contribution in [0, 0.1) is 0 Å². The molecule has 0 saturated heterocycles. The fourth-order valence-electron chi connectivity index (χ4n) is 0.952. The van der Waals surface area contributed by atoms with E-state index < -0.39 is 10.0 Å². The van der Waals surface area contributed by atoms with Crippen LogP contribution >= 0.6 is 0 Å². The molecule has 1 aromatic rings. The Morgan fingerprint density at radius 3 is 2.54 bits per heavy atom. The third-order valence-electron chi connectivity index (χ3n) is 1.49. The summed E-state index contributed by atoms with van der Waals surface area (Å²) in [6, 6.07) is 5.82. The van der Waals surface area contributed by atoms with Crippen LogP contribution in [0.1, 0.15) is 6.92 Å². The molecule has 0 spiro atoms. The minimum atomic E-state index is -3.54. The zero-order valence-electron chi connectivity index (χ0n) is 7.19. The van der Waals surface area contributed by atoms with Gasteiger partial charge in [-0.05, 0) is 12.1 Å². The number of aromatic hydroxyl groups is 1. The summed E-state index contributed by atoms with van der Waals surface area (Å²) in [6.07, 6.45) is 0. The third kappa shape index (κ3) is 2.19. The summed E-state index contributed by atoms with van der Waals surface area (Å²) in [5.41, 5.74) is 0. The molecule has 0 bridgehead atoms. The van der Waals surface area contributed by atoms with Crippen LogP contribution in [0.15, 0.2) is 29.2 Å².